The van der Waals surface area contributed by atoms with Crippen LogP contribution in [-0.2, 0) is 0 Å². The maximum Gasteiger partial charge on any atom is 0.139 e. The average molecular weight is 333 g/mol. The zero-order chi connectivity index (χ0) is 12.4. The van der Waals surface area contributed by atoms with Gasteiger partial charge in [-0.3, -0.25) is 0 Å². The molecule has 0 aliphatic carbocycles. The highest BCUT2D eigenvalue weighted by molar-refractivity contribution is 9.10. The third-order valence-corrected chi connectivity index (χ3v) is 3.98. The van der Waals surface area contributed by atoms with E-state index in [9.17, 15) is 4.39 Å². The molecule has 2 aromatic rings. The van der Waals surface area contributed by atoms with Crippen molar-refractivity contribution in [2.45, 2.75) is 9.79 Å². The van der Waals surface area contributed by atoms with Crippen molar-refractivity contribution in [3.8, 4) is 0 Å². The zero-order valence-electron chi connectivity index (χ0n) is 8.58. The second-order valence-electron chi connectivity index (χ2n) is 3.36. The van der Waals surface area contributed by atoms with Crippen molar-refractivity contribution in [3.05, 3.63) is 51.7 Å². The summed E-state index contributed by atoms with van der Waals surface area (Å²) in [6.07, 6.45) is 0. The first-order valence-corrected chi connectivity index (χ1v) is 6.73. The van der Waals surface area contributed by atoms with Crippen LogP contribution in [0.15, 0.2) is 50.7 Å². The number of benzene rings is 2. The summed E-state index contributed by atoms with van der Waals surface area (Å²) in [5, 5.41) is 0.662. The Labute approximate surface area is 116 Å². The van der Waals surface area contributed by atoms with Gasteiger partial charge in [0, 0.05) is 20.5 Å². The topological polar surface area (TPSA) is 26.0 Å². The molecule has 2 rings (SSSR count). The molecule has 0 fully saturated rings. The molecule has 0 aliphatic rings. The van der Waals surface area contributed by atoms with Crippen molar-refractivity contribution >= 4 is 45.0 Å². The van der Waals surface area contributed by atoms with Gasteiger partial charge in [-0.2, -0.15) is 0 Å². The summed E-state index contributed by atoms with van der Waals surface area (Å²) in [5.74, 6) is -0.363. The van der Waals surface area contributed by atoms with Gasteiger partial charge in [0.05, 0.1) is 4.47 Å². The molecule has 0 unspecified atom stereocenters. The van der Waals surface area contributed by atoms with Crippen LogP contribution in [0.25, 0.3) is 0 Å². The van der Waals surface area contributed by atoms with Gasteiger partial charge in [0.2, 0.25) is 0 Å². The van der Waals surface area contributed by atoms with Crippen molar-refractivity contribution in [1.82, 2.24) is 0 Å². The highest BCUT2D eigenvalue weighted by Crippen LogP contribution is 2.35. The summed E-state index contributed by atoms with van der Waals surface area (Å²) in [7, 11) is 0. The molecule has 0 radical (unpaired) electrons. The van der Waals surface area contributed by atoms with E-state index in [-0.39, 0.29) is 5.82 Å². The third kappa shape index (κ3) is 3.15. The lowest BCUT2D eigenvalue weighted by atomic mass is 10.3. The molecule has 2 aromatic carbocycles. The summed E-state index contributed by atoms with van der Waals surface area (Å²) >= 11 is 10.5. The number of hydrogen-bond donors (Lipinski definition) is 1. The van der Waals surface area contributed by atoms with E-state index in [2.05, 4.69) is 15.9 Å². The van der Waals surface area contributed by atoms with Crippen LogP contribution in [0.3, 0.4) is 0 Å². The number of rotatable bonds is 2. The van der Waals surface area contributed by atoms with Crippen molar-refractivity contribution in [1.29, 1.82) is 0 Å². The van der Waals surface area contributed by atoms with Gasteiger partial charge in [-0.25, -0.2) is 4.39 Å². The smallest absolute Gasteiger partial charge is 0.139 e. The number of halogens is 3. The van der Waals surface area contributed by atoms with Gasteiger partial charge in [-0.15, -0.1) is 0 Å². The number of hydrogen-bond acceptors (Lipinski definition) is 2. The lowest BCUT2D eigenvalue weighted by Gasteiger charge is -2.07. The van der Waals surface area contributed by atoms with Crippen molar-refractivity contribution in [3.63, 3.8) is 0 Å². The van der Waals surface area contributed by atoms with E-state index in [4.69, 9.17) is 17.3 Å². The van der Waals surface area contributed by atoms with Crippen molar-refractivity contribution < 1.29 is 4.39 Å². The predicted octanol–water partition coefficient (Wildman–Crippen LogP) is 4.98. The van der Waals surface area contributed by atoms with Gasteiger partial charge < -0.3 is 5.73 Å². The maximum atomic E-state index is 13.2. The first-order valence-electron chi connectivity index (χ1n) is 4.74. The molecule has 0 amide bonds. The number of nitrogen functional groups attached to an aromatic ring is 1. The predicted molar refractivity (Wildman–Crippen MR) is 74.1 cm³/mol. The molecule has 0 spiro atoms. The first kappa shape index (κ1) is 12.7. The Kier molecular flexibility index (Phi) is 3.97. The Morgan fingerprint density at radius 1 is 1.24 bits per heavy atom. The van der Waals surface area contributed by atoms with Crippen LogP contribution < -0.4 is 5.73 Å². The number of anilines is 1. The summed E-state index contributed by atoms with van der Waals surface area (Å²) in [6.45, 7) is 0. The minimum Gasteiger partial charge on any atom is -0.398 e. The van der Waals surface area contributed by atoms with Crippen LogP contribution in [0, 0.1) is 5.82 Å². The number of nitrogens with two attached hydrogens (primary N) is 1. The highest BCUT2D eigenvalue weighted by Gasteiger charge is 2.07. The van der Waals surface area contributed by atoms with E-state index in [1.54, 1.807) is 12.1 Å². The normalized spacial score (nSPS) is 10.5. The average Bonchev–Trinajstić information content (AvgIpc) is 2.26. The van der Waals surface area contributed by atoms with E-state index in [1.807, 2.05) is 18.2 Å². The van der Waals surface area contributed by atoms with E-state index < -0.39 is 0 Å². The molecular weight excluding hydrogens is 325 g/mol. The minimum atomic E-state index is -0.363. The molecule has 5 heteroatoms. The molecule has 2 N–H and O–H groups in total. The zero-order valence-corrected chi connectivity index (χ0v) is 11.7. The van der Waals surface area contributed by atoms with Gasteiger partial charge in [0.25, 0.3) is 0 Å². The lowest BCUT2D eigenvalue weighted by molar-refractivity contribution is 0.620. The molecule has 88 valence electrons. The third-order valence-electron chi connectivity index (χ3n) is 2.08. The molecule has 0 atom stereocenters. The second-order valence-corrected chi connectivity index (χ2v) is 5.77. The van der Waals surface area contributed by atoms with Crippen LogP contribution >= 0.6 is 39.3 Å². The van der Waals surface area contributed by atoms with Gasteiger partial charge in [-0.05, 0) is 46.3 Å². The SMILES string of the molecule is Nc1cc(F)c(Br)cc1Sc1cccc(Cl)c1. The Morgan fingerprint density at radius 3 is 2.71 bits per heavy atom. The maximum absolute atomic E-state index is 13.2. The lowest BCUT2D eigenvalue weighted by Crippen LogP contribution is -1.91. The van der Waals surface area contributed by atoms with Crippen LogP contribution in [-0.4, -0.2) is 0 Å². The minimum absolute atomic E-state index is 0.363. The van der Waals surface area contributed by atoms with Crippen molar-refractivity contribution in [2.24, 2.45) is 0 Å². The molecule has 0 saturated carbocycles. The molecule has 0 aliphatic heterocycles. The fourth-order valence-electron chi connectivity index (χ4n) is 1.29. The van der Waals surface area contributed by atoms with E-state index in [0.29, 0.717) is 15.2 Å². The molecule has 1 nitrogen and oxygen atoms in total. The molecule has 0 saturated heterocycles. The molecule has 17 heavy (non-hydrogen) atoms. The Bertz CT molecular complexity index is 562. The summed E-state index contributed by atoms with van der Waals surface area (Å²) in [6, 6.07) is 10.4. The standard InChI is InChI=1S/C12H8BrClFNS/c13-9-5-12(11(16)6-10(9)15)17-8-3-1-2-7(14)4-8/h1-6H,16H2. The van der Waals surface area contributed by atoms with Crippen LogP contribution in [0.5, 0.6) is 0 Å². The van der Waals surface area contributed by atoms with Gasteiger partial charge in [0.15, 0.2) is 0 Å². The monoisotopic (exact) mass is 331 g/mol. The summed E-state index contributed by atoms with van der Waals surface area (Å²) in [4.78, 5) is 1.75. The van der Waals surface area contributed by atoms with Gasteiger partial charge >= 0.3 is 0 Å². The Hall–Kier alpha value is -0.710. The van der Waals surface area contributed by atoms with Crippen molar-refractivity contribution in [2.75, 3.05) is 5.73 Å². The highest BCUT2D eigenvalue weighted by atomic mass is 79.9. The Balaban J connectivity index is 2.33. The molecule has 0 bridgehead atoms. The van der Waals surface area contributed by atoms with Gasteiger partial charge in [0.1, 0.15) is 5.82 Å². The van der Waals surface area contributed by atoms with Crippen LogP contribution in [0.2, 0.25) is 5.02 Å². The van der Waals surface area contributed by atoms with E-state index in [0.717, 1.165) is 9.79 Å². The molecule has 0 heterocycles. The van der Waals surface area contributed by atoms with Crippen LogP contribution in [0.4, 0.5) is 10.1 Å². The molecular formula is C12H8BrClFNS. The fraction of sp³-hybridized carbons (Fsp3) is 0. The quantitative estimate of drug-likeness (QED) is 0.785. The van der Waals surface area contributed by atoms with Gasteiger partial charge in [-0.1, -0.05) is 29.4 Å². The largest absolute Gasteiger partial charge is 0.398 e. The Morgan fingerprint density at radius 2 is 2.00 bits per heavy atom. The van der Waals surface area contributed by atoms with Crippen LogP contribution in [0.1, 0.15) is 0 Å². The van der Waals surface area contributed by atoms with E-state index >= 15 is 0 Å². The summed E-state index contributed by atoms with van der Waals surface area (Å²) in [5.41, 5.74) is 6.17. The molecule has 0 aromatic heterocycles. The first-order chi connectivity index (χ1) is 8.06. The van der Waals surface area contributed by atoms with E-state index in [1.165, 1.54) is 17.8 Å². The second kappa shape index (κ2) is 5.29. The fourth-order valence-corrected chi connectivity index (χ4v) is 2.98. The summed E-state index contributed by atoms with van der Waals surface area (Å²) < 4.78 is 13.6.